The fourth-order valence-corrected chi connectivity index (χ4v) is 5.15. The molecule has 208 valence electrons. The number of benzene rings is 4. The highest BCUT2D eigenvalue weighted by Crippen LogP contribution is 2.28. The normalized spacial score (nSPS) is 11.9. The number of anilines is 1. The maximum absolute atomic E-state index is 12.9. The quantitative estimate of drug-likeness (QED) is 0.120. The van der Waals surface area contributed by atoms with Crippen LogP contribution in [0.15, 0.2) is 101 Å². The largest absolute Gasteiger partial charge is 0.497 e. The molecule has 0 saturated heterocycles. The number of hydrogen-bond acceptors (Lipinski definition) is 8. The van der Waals surface area contributed by atoms with Gasteiger partial charge in [-0.3, -0.25) is 9.36 Å². The number of nitrogens with zero attached hydrogens (tertiary/aromatic N) is 4. The third-order valence-electron chi connectivity index (χ3n) is 6.41. The zero-order chi connectivity index (χ0) is 28.6. The molecule has 0 aliphatic carbocycles. The van der Waals surface area contributed by atoms with E-state index in [0.717, 1.165) is 28.0 Å². The Balaban J connectivity index is 1.31. The number of fused-ring (bicyclic) bond motifs is 1. The number of hydrazone groups is 1. The van der Waals surface area contributed by atoms with Gasteiger partial charge >= 0.3 is 0 Å². The number of amides is 1. The molecule has 0 aliphatic rings. The van der Waals surface area contributed by atoms with Crippen LogP contribution in [0.3, 0.4) is 0 Å². The fourth-order valence-electron chi connectivity index (χ4n) is 4.27. The van der Waals surface area contributed by atoms with Crippen LogP contribution in [-0.4, -0.2) is 46.4 Å². The van der Waals surface area contributed by atoms with E-state index in [0.29, 0.717) is 28.8 Å². The van der Waals surface area contributed by atoms with E-state index >= 15 is 0 Å². The summed E-state index contributed by atoms with van der Waals surface area (Å²) < 4.78 is 12.6. The molecule has 1 heterocycles. The summed E-state index contributed by atoms with van der Waals surface area (Å²) in [7, 11) is 3.16. The fraction of sp³-hybridized carbons (Fsp3) is 0.161. The SMILES string of the molecule is COc1ccc(C=NNC(=O)[C@@H](C)Sc2nnc(CNc3cccc4ccccc34)n2-c2ccccc2)c(OC)c1. The van der Waals surface area contributed by atoms with Gasteiger partial charge in [0.2, 0.25) is 0 Å². The lowest BCUT2D eigenvalue weighted by Crippen LogP contribution is -2.27. The zero-order valence-electron chi connectivity index (χ0n) is 22.9. The van der Waals surface area contributed by atoms with Crippen molar-refractivity contribution >= 4 is 40.3 Å². The molecule has 5 rings (SSSR count). The molecule has 10 heteroatoms. The van der Waals surface area contributed by atoms with Crippen molar-refractivity contribution in [2.45, 2.75) is 23.9 Å². The monoisotopic (exact) mass is 566 g/mol. The molecule has 9 nitrogen and oxygen atoms in total. The maximum atomic E-state index is 12.9. The van der Waals surface area contributed by atoms with Crippen LogP contribution in [0.1, 0.15) is 18.3 Å². The second-order valence-corrected chi connectivity index (χ2v) is 10.4. The number of ether oxygens (including phenoxy) is 2. The van der Waals surface area contributed by atoms with E-state index in [1.807, 2.05) is 66.1 Å². The number of rotatable bonds is 11. The second-order valence-electron chi connectivity index (χ2n) is 9.05. The van der Waals surface area contributed by atoms with Crippen molar-refractivity contribution in [3.05, 3.63) is 102 Å². The van der Waals surface area contributed by atoms with Crippen molar-refractivity contribution in [3.8, 4) is 17.2 Å². The van der Waals surface area contributed by atoms with E-state index in [2.05, 4.69) is 50.3 Å². The Morgan fingerprint density at radius 2 is 1.76 bits per heavy atom. The standard InChI is InChI=1S/C31H30N6O3S/c1-21(30(38)35-33-19-23-16-17-25(39-2)18-28(23)40-3)41-31-36-34-29(37(31)24-12-5-4-6-13-24)20-32-27-15-9-11-22-10-7-8-14-26(22)27/h4-19,21,32H,20H2,1-3H3,(H,35,38)/t21-/m1/s1. The van der Waals surface area contributed by atoms with Crippen molar-refractivity contribution < 1.29 is 14.3 Å². The molecule has 0 aliphatic heterocycles. The van der Waals surface area contributed by atoms with Gasteiger partial charge in [0.25, 0.3) is 5.91 Å². The van der Waals surface area contributed by atoms with Crippen LogP contribution in [0.5, 0.6) is 11.5 Å². The number of hydrogen-bond donors (Lipinski definition) is 2. The third kappa shape index (κ3) is 6.50. The van der Waals surface area contributed by atoms with Crippen LogP contribution in [0.2, 0.25) is 0 Å². The Labute approximate surface area is 242 Å². The van der Waals surface area contributed by atoms with Gasteiger partial charge in [-0.1, -0.05) is 66.4 Å². The molecular weight excluding hydrogens is 536 g/mol. The number of nitrogens with one attached hydrogen (secondary N) is 2. The zero-order valence-corrected chi connectivity index (χ0v) is 23.8. The Morgan fingerprint density at radius 1 is 0.976 bits per heavy atom. The number of aromatic nitrogens is 3. The molecule has 2 N–H and O–H groups in total. The van der Waals surface area contributed by atoms with E-state index in [4.69, 9.17) is 9.47 Å². The van der Waals surface area contributed by atoms with Crippen LogP contribution >= 0.6 is 11.8 Å². The van der Waals surface area contributed by atoms with Gasteiger partial charge < -0.3 is 14.8 Å². The van der Waals surface area contributed by atoms with Crippen molar-refractivity contribution in [3.63, 3.8) is 0 Å². The molecule has 0 unspecified atom stereocenters. The maximum Gasteiger partial charge on any atom is 0.253 e. The van der Waals surface area contributed by atoms with Crippen molar-refractivity contribution in [1.29, 1.82) is 0 Å². The molecular formula is C31H30N6O3S. The summed E-state index contributed by atoms with van der Waals surface area (Å²) in [6.07, 6.45) is 1.54. The molecule has 0 saturated carbocycles. The molecule has 0 fully saturated rings. The summed E-state index contributed by atoms with van der Waals surface area (Å²) in [6.45, 7) is 2.26. The molecule has 1 amide bonds. The van der Waals surface area contributed by atoms with Gasteiger partial charge in [0.05, 0.1) is 32.2 Å². The summed E-state index contributed by atoms with van der Waals surface area (Å²) >= 11 is 1.31. The molecule has 0 bridgehead atoms. The van der Waals surface area contributed by atoms with Crippen molar-refractivity contribution in [1.82, 2.24) is 20.2 Å². The average Bonchev–Trinajstić information content (AvgIpc) is 3.42. The van der Waals surface area contributed by atoms with Crippen LogP contribution in [0, 0.1) is 0 Å². The van der Waals surface area contributed by atoms with E-state index in [-0.39, 0.29) is 5.91 Å². The predicted octanol–water partition coefficient (Wildman–Crippen LogP) is 5.68. The molecule has 0 radical (unpaired) electrons. The lowest BCUT2D eigenvalue weighted by Gasteiger charge is -2.14. The summed E-state index contributed by atoms with van der Waals surface area (Å²) in [6, 6.07) is 29.6. The van der Waals surface area contributed by atoms with Gasteiger partial charge in [-0.15, -0.1) is 10.2 Å². The number of carbonyl (C=O) groups excluding carboxylic acids is 1. The molecule has 4 aromatic carbocycles. The minimum Gasteiger partial charge on any atom is -0.497 e. The van der Waals surface area contributed by atoms with E-state index < -0.39 is 5.25 Å². The first-order valence-electron chi connectivity index (χ1n) is 13.0. The van der Waals surface area contributed by atoms with Gasteiger partial charge in [-0.25, -0.2) is 5.43 Å². The van der Waals surface area contributed by atoms with E-state index in [9.17, 15) is 4.79 Å². The topological polar surface area (TPSA) is 103 Å². The van der Waals surface area contributed by atoms with Gasteiger partial charge in [0, 0.05) is 28.4 Å². The predicted molar refractivity (Wildman–Crippen MR) is 163 cm³/mol. The van der Waals surface area contributed by atoms with Crippen molar-refractivity contribution in [2.75, 3.05) is 19.5 Å². The first kappa shape index (κ1) is 27.7. The van der Waals surface area contributed by atoms with Gasteiger partial charge in [-0.05, 0) is 42.6 Å². The van der Waals surface area contributed by atoms with Crippen LogP contribution in [-0.2, 0) is 11.3 Å². The molecule has 41 heavy (non-hydrogen) atoms. The number of para-hydroxylation sites is 1. The van der Waals surface area contributed by atoms with E-state index in [1.165, 1.54) is 18.0 Å². The Morgan fingerprint density at radius 3 is 2.56 bits per heavy atom. The van der Waals surface area contributed by atoms with Gasteiger partial charge in [-0.2, -0.15) is 5.10 Å². The smallest absolute Gasteiger partial charge is 0.253 e. The second kappa shape index (κ2) is 13.0. The lowest BCUT2D eigenvalue weighted by molar-refractivity contribution is -0.120. The first-order valence-corrected chi connectivity index (χ1v) is 13.9. The average molecular weight is 567 g/mol. The minimum atomic E-state index is -0.490. The number of methoxy groups -OCH3 is 2. The molecule has 0 spiro atoms. The van der Waals surface area contributed by atoms with E-state index in [1.54, 1.807) is 26.4 Å². The summed E-state index contributed by atoms with van der Waals surface area (Å²) in [5.74, 6) is 1.72. The van der Waals surface area contributed by atoms with Crippen molar-refractivity contribution in [2.24, 2.45) is 5.10 Å². The van der Waals surface area contributed by atoms with Crippen LogP contribution < -0.4 is 20.2 Å². The number of carbonyl (C=O) groups is 1. The first-order chi connectivity index (χ1) is 20.1. The number of thioether (sulfide) groups is 1. The highest BCUT2D eigenvalue weighted by atomic mass is 32.2. The molecule has 1 aromatic heterocycles. The summed E-state index contributed by atoms with van der Waals surface area (Å²) in [5.41, 5.74) is 5.25. The lowest BCUT2D eigenvalue weighted by atomic mass is 10.1. The van der Waals surface area contributed by atoms with Gasteiger partial charge in [0.15, 0.2) is 11.0 Å². The van der Waals surface area contributed by atoms with Gasteiger partial charge in [0.1, 0.15) is 11.5 Å². The molecule has 5 aromatic rings. The highest BCUT2D eigenvalue weighted by Gasteiger charge is 2.21. The Bertz CT molecular complexity index is 1670. The highest BCUT2D eigenvalue weighted by molar-refractivity contribution is 8.00. The Hall–Kier alpha value is -4.83. The summed E-state index contributed by atoms with van der Waals surface area (Å²) in [5, 5.41) is 19.0. The van der Waals surface area contributed by atoms with Crippen LogP contribution in [0.25, 0.3) is 16.5 Å². The van der Waals surface area contributed by atoms with Crippen LogP contribution in [0.4, 0.5) is 5.69 Å². The summed E-state index contributed by atoms with van der Waals surface area (Å²) in [4.78, 5) is 12.9. The minimum absolute atomic E-state index is 0.267. The molecule has 1 atom stereocenters. The Kier molecular flexibility index (Phi) is 8.80. The third-order valence-corrected chi connectivity index (χ3v) is 7.45.